The van der Waals surface area contributed by atoms with Crippen molar-refractivity contribution in [2.45, 2.75) is 11.1 Å². The molecule has 106 valence electrons. The van der Waals surface area contributed by atoms with Gasteiger partial charge < -0.3 is 11.1 Å². The van der Waals surface area contributed by atoms with Crippen molar-refractivity contribution in [2.24, 2.45) is 0 Å². The number of halogens is 3. The van der Waals surface area contributed by atoms with Gasteiger partial charge in [-0.25, -0.2) is 8.42 Å². The number of nitrogen functional groups attached to an aromatic ring is 1. The van der Waals surface area contributed by atoms with Gasteiger partial charge >= 0.3 is 6.18 Å². The summed E-state index contributed by atoms with van der Waals surface area (Å²) in [4.78, 5) is 10.5. The Kier molecular flexibility index (Phi) is 4.09. The highest BCUT2D eigenvalue weighted by Gasteiger charge is 2.32. The molecule has 0 atom stereocenters. The monoisotopic (exact) mass is 296 g/mol. The van der Waals surface area contributed by atoms with Gasteiger partial charge in [0.2, 0.25) is 5.91 Å². The van der Waals surface area contributed by atoms with Crippen LogP contribution in [0.4, 0.5) is 18.9 Å². The van der Waals surface area contributed by atoms with Gasteiger partial charge in [0.05, 0.1) is 16.1 Å². The van der Waals surface area contributed by atoms with Gasteiger partial charge in [0.1, 0.15) is 5.75 Å². The highest BCUT2D eigenvalue weighted by Crippen LogP contribution is 2.32. The first-order valence-corrected chi connectivity index (χ1v) is 6.63. The third-order valence-electron chi connectivity index (χ3n) is 2.27. The molecule has 1 amide bonds. The number of amides is 1. The standard InChI is InChI=1S/C10H11F3N2O3S/c1-15-9(16)5-19(17,18)8-3-2-6(4-7(8)14)10(11,12)13/h2-4H,5,14H2,1H3,(H,15,16). The van der Waals surface area contributed by atoms with Crippen LogP contribution in [0.1, 0.15) is 5.56 Å². The van der Waals surface area contributed by atoms with Crippen LogP contribution >= 0.6 is 0 Å². The average Bonchev–Trinajstić information content (AvgIpc) is 2.26. The summed E-state index contributed by atoms with van der Waals surface area (Å²) in [5.74, 6) is -1.65. The van der Waals surface area contributed by atoms with Crippen molar-refractivity contribution in [1.82, 2.24) is 5.32 Å². The van der Waals surface area contributed by atoms with E-state index in [0.717, 1.165) is 6.07 Å². The average molecular weight is 296 g/mol. The Morgan fingerprint density at radius 3 is 2.37 bits per heavy atom. The first kappa shape index (κ1) is 15.3. The van der Waals surface area contributed by atoms with Crippen LogP contribution in [0, 0.1) is 0 Å². The van der Waals surface area contributed by atoms with E-state index in [1.54, 1.807) is 0 Å². The zero-order valence-corrected chi connectivity index (χ0v) is 10.6. The summed E-state index contributed by atoms with van der Waals surface area (Å²) in [5, 5.41) is 2.11. The van der Waals surface area contributed by atoms with Gasteiger partial charge in [-0.05, 0) is 18.2 Å². The zero-order valence-electron chi connectivity index (χ0n) is 9.78. The Bertz CT molecular complexity index is 597. The summed E-state index contributed by atoms with van der Waals surface area (Å²) in [6.07, 6.45) is -4.61. The lowest BCUT2D eigenvalue weighted by atomic mass is 10.2. The predicted octanol–water partition coefficient (Wildman–Crippen LogP) is 0.807. The number of carbonyl (C=O) groups is 1. The minimum Gasteiger partial charge on any atom is -0.398 e. The second-order valence-electron chi connectivity index (χ2n) is 3.68. The molecule has 0 aromatic heterocycles. The number of sulfone groups is 1. The molecule has 0 aliphatic rings. The molecule has 1 aromatic carbocycles. The fraction of sp³-hybridized carbons (Fsp3) is 0.300. The third kappa shape index (κ3) is 3.60. The minimum absolute atomic E-state index is 0.496. The molecule has 0 spiro atoms. The Morgan fingerprint density at radius 2 is 1.95 bits per heavy atom. The van der Waals surface area contributed by atoms with Crippen molar-refractivity contribution in [3.05, 3.63) is 23.8 Å². The largest absolute Gasteiger partial charge is 0.416 e. The van der Waals surface area contributed by atoms with Crippen molar-refractivity contribution >= 4 is 21.4 Å². The van der Waals surface area contributed by atoms with Gasteiger partial charge in [0, 0.05) is 7.05 Å². The van der Waals surface area contributed by atoms with E-state index in [1.807, 2.05) is 0 Å². The number of alkyl halides is 3. The molecular weight excluding hydrogens is 285 g/mol. The first-order chi connectivity index (χ1) is 8.58. The number of nitrogens with two attached hydrogens (primary N) is 1. The second kappa shape index (κ2) is 5.08. The SMILES string of the molecule is CNC(=O)CS(=O)(=O)c1ccc(C(F)(F)F)cc1N. The predicted molar refractivity (Wildman–Crippen MR) is 62.0 cm³/mol. The van der Waals surface area contributed by atoms with Crippen molar-refractivity contribution in [1.29, 1.82) is 0 Å². The van der Waals surface area contributed by atoms with E-state index in [9.17, 15) is 26.4 Å². The van der Waals surface area contributed by atoms with Crippen molar-refractivity contribution in [2.75, 3.05) is 18.5 Å². The number of carbonyl (C=O) groups excluding carboxylic acids is 1. The summed E-state index contributed by atoms with van der Waals surface area (Å²) in [7, 11) is -2.82. The minimum atomic E-state index is -4.61. The van der Waals surface area contributed by atoms with E-state index in [4.69, 9.17) is 5.73 Å². The summed E-state index contributed by atoms with van der Waals surface area (Å²) in [5.41, 5.74) is 3.72. The summed E-state index contributed by atoms with van der Waals surface area (Å²) < 4.78 is 60.7. The van der Waals surface area contributed by atoms with Gasteiger partial charge in [0.25, 0.3) is 0 Å². The van der Waals surface area contributed by atoms with E-state index in [0.29, 0.717) is 12.1 Å². The number of benzene rings is 1. The van der Waals surface area contributed by atoms with Crippen LogP contribution in [0.2, 0.25) is 0 Å². The van der Waals surface area contributed by atoms with Crippen molar-refractivity contribution in [3.63, 3.8) is 0 Å². The molecular formula is C10H11F3N2O3S. The normalized spacial score (nSPS) is 12.2. The molecule has 0 aliphatic heterocycles. The van der Waals surface area contributed by atoms with E-state index in [2.05, 4.69) is 5.32 Å². The Hall–Kier alpha value is -1.77. The number of hydrogen-bond acceptors (Lipinski definition) is 4. The van der Waals surface area contributed by atoms with Crippen LogP contribution in [-0.4, -0.2) is 27.1 Å². The molecule has 0 saturated heterocycles. The highest BCUT2D eigenvalue weighted by molar-refractivity contribution is 7.92. The molecule has 5 nitrogen and oxygen atoms in total. The quantitative estimate of drug-likeness (QED) is 0.808. The van der Waals surface area contributed by atoms with Gasteiger partial charge in [-0.15, -0.1) is 0 Å². The highest BCUT2D eigenvalue weighted by atomic mass is 32.2. The summed E-state index contributed by atoms with van der Waals surface area (Å²) in [6, 6.07) is 1.88. The fourth-order valence-electron chi connectivity index (χ4n) is 1.33. The van der Waals surface area contributed by atoms with Crippen LogP contribution in [0.3, 0.4) is 0 Å². The van der Waals surface area contributed by atoms with E-state index in [1.165, 1.54) is 7.05 Å². The molecule has 0 aliphatic carbocycles. The Labute approximate surface area is 107 Å². The molecule has 3 N–H and O–H groups in total. The van der Waals surface area contributed by atoms with E-state index >= 15 is 0 Å². The maximum atomic E-state index is 12.4. The molecule has 0 heterocycles. The lowest BCUT2D eigenvalue weighted by Crippen LogP contribution is -2.27. The van der Waals surface area contributed by atoms with Crippen LogP contribution in [-0.2, 0) is 20.8 Å². The Morgan fingerprint density at radius 1 is 1.37 bits per heavy atom. The third-order valence-corrected chi connectivity index (χ3v) is 3.96. The fourth-order valence-corrected chi connectivity index (χ4v) is 2.67. The van der Waals surface area contributed by atoms with Crippen molar-refractivity contribution in [3.8, 4) is 0 Å². The zero-order chi connectivity index (χ0) is 14.8. The molecule has 0 radical (unpaired) electrons. The maximum Gasteiger partial charge on any atom is 0.416 e. The van der Waals surface area contributed by atoms with E-state index < -0.39 is 43.8 Å². The maximum absolute atomic E-state index is 12.4. The molecule has 1 rings (SSSR count). The number of hydrogen-bond donors (Lipinski definition) is 2. The summed E-state index contributed by atoms with van der Waals surface area (Å²) in [6.45, 7) is 0. The topological polar surface area (TPSA) is 89.3 Å². The molecule has 0 bridgehead atoms. The molecule has 0 saturated carbocycles. The molecule has 0 fully saturated rings. The molecule has 19 heavy (non-hydrogen) atoms. The smallest absolute Gasteiger partial charge is 0.398 e. The Balaban J connectivity index is 3.20. The van der Waals surface area contributed by atoms with Crippen LogP contribution < -0.4 is 11.1 Å². The first-order valence-electron chi connectivity index (χ1n) is 4.98. The van der Waals surface area contributed by atoms with Gasteiger partial charge in [-0.2, -0.15) is 13.2 Å². The molecule has 0 unspecified atom stereocenters. The lowest BCUT2D eigenvalue weighted by Gasteiger charge is -2.11. The van der Waals surface area contributed by atoms with Crippen LogP contribution in [0.25, 0.3) is 0 Å². The summed E-state index contributed by atoms with van der Waals surface area (Å²) >= 11 is 0. The molecule has 1 aromatic rings. The number of rotatable bonds is 3. The van der Waals surface area contributed by atoms with Gasteiger partial charge in [-0.3, -0.25) is 4.79 Å². The molecule has 9 heteroatoms. The van der Waals surface area contributed by atoms with Gasteiger partial charge in [-0.1, -0.05) is 0 Å². The van der Waals surface area contributed by atoms with Crippen molar-refractivity contribution < 1.29 is 26.4 Å². The number of nitrogens with one attached hydrogen (secondary N) is 1. The number of anilines is 1. The van der Waals surface area contributed by atoms with Crippen LogP contribution in [0.15, 0.2) is 23.1 Å². The second-order valence-corrected chi connectivity index (χ2v) is 5.64. The lowest BCUT2D eigenvalue weighted by molar-refractivity contribution is -0.137. The van der Waals surface area contributed by atoms with Crippen LogP contribution in [0.5, 0.6) is 0 Å². The van der Waals surface area contributed by atoms with E-state index in [-0.39, 0.29) is 0 Å². The van der Waals surface area contributed by atoms with Gasteiger partial charge in [0.15, 0.2) is 9.84 Å².